The molecule has 2 rings (SSSR count). The van der Waals surface area contributed by atoms with Gasteiger partial charge in [0.15, 0.2) is 0 Å². The fraction of sp³-hybridized carbons (Fsp3) is 0.571. The van der Waals surface area contributed by atoms with Crippen LogP contribution in [0.25, 0.3) is 0 Å². The van der Waals surface area contributed by atoms with Crippen LogP contribution in [0.2, 0.25) is 5.02 Å². The predicted molar refractivity (Wildman–Crippen MR) is 70.0 cm³/mol. The van der Waals surface area contributed by atoms with Gasteiger partial charge in [0.05, 0.1) is 0 Å². The minimum absolute atomic E-state index is 0.113. The normalized spacial score (nSPS) is 27.9. The van der Waals surface area contributed by atoms with E-state index in [0.29, 0.717) is 16.5 Å². The summed E-state index contributed by atoms with van der Waals surface area (Å²) in [7, 11) is 0. The van der Waals surface area contributed by atoms with E-state index in [0.717, 1.165) is 25.9 Å². The van der Waals surface area contributed by atoms with Crippen LogP contribution in [0.5, 0.6) is 0 Å². The number of benzene rings is 1. The van der Waals surface area contributed by atoms with Crippen molar-refractivity contribution in [2.75, 3.05) is 13.1 Å². The Morgan fingerprint density at radius 1 is 1.53 bits per heavy atom. The summed E-state index contributed by atoms with van der Waals surface area (Å²) in [5.74, 6) is 0.318. The molecule has 0 saturated heterocycles. The zero-order valence-electron chi connectivity index (χ0n) is 10.4. The summed E-state index contributed by atoms with van der Waals surface area (Å²) in [4.78, 5) is 0. The lowest BCUT2D eigenvalue weighted by Gasteiger charge is -2.49. The van der Waals surface area contributed by atoms with Gasteiger partial charge in [-0.15, -0.1) is 0 Å². The van der Waals surface area contributed by atoms with E-state index in [2.05, 4.69) is 19.2 Å². The van der Waals surface area contributed by atoms with Gasteiger partial charge >= 0.3 is 0 Å². The molecule has 0 spiro atoms. The lowest BCUT2D eigenvalue weighted by molar-refractivity contribution is 0.130. The Labute approximate surface area is 107 Å². The molecule has 1 N–H and O–H groups in total. The third-order valence-electron chi connectivity index (χ3n) is 4.12. The first-order valence-corrected chi connectivity index (χ1v) is 6.65. The highest BCUT2D eigenvalue weighted by atomic mass is 35.5. The standard InChI is InChI=1S/C14H19ClFN/c1-3-17-9-14(8-7-10(14)2)13-11(15)5-4-6-12(13)16/h4-6,10,17H,3,7-9H2,1-2H3. The van der Waals surface area contributed by atoms with Crippen LogP contribution in [0.15, 0.2) is 18.2 Å². The van der Waals surface area contributed by atoms with Crippen LogP contribution in [0.3, 0.4) is 0 Å². The Hall–Kier alpha value is -0.600. The summed E-state index contributed by atoms with van der Waals surface area (Å²) in [5.41, 5.74) is 0.597. The zero-order valence-corrected chi connectivity index (χ0v) is 11.1. The molecule has 2 unspecified atom stereocenters. The molecule has 1 aromatic carbocycles. The van der Waals surface area contributed by atoms with Crippen molar-refractivity contribution >= 4 is 11.6 Å². The second kappa shape index (κ2) is 4.95. The molecule has 0 aromatic heterocycles. The first-order chi connectivity index (χ1) is 8.12. The molecule has 17 heavy (non-hydrogen) atoms. The number of hydrogen-bond acceptors (Lipinski definition) is 1. The Kier molecular flexibility index (Phi) is 3.74. The SMILES string of the molecule is CCNCC1(c2c(F)cccc2Cl)CCC1C. The van der Waals surface area contributed by atoms with Crippen molar-refractivity contribution in [1.82, 2.24) is 5.32 Å². The maximum absolute atomic E-state index is 14.1. The quantitative estimate of drug-likeness (QED) is 0.864. The number of nitrogens with one attached hydrogen (secondary N) is 1. The lowest BCUT2D eigenvalue weighted by Crippen LogP contribution is -2.51. The van der Waals surface area contributed by atoms with Crippen LogP contribution in [0, 0.1) is 11.7 Å². The predicted octanol–water partition coefficient (Wildman–Crippen LogP) is 3.76. The summed E-state index contributed by atoms with van der Waals surface area (Å²) in [5, 5.41) is 3.91. The molecule has 3 heteroatoms. The summed E-state index contributed by atoms with van der Waals surface area (Å²) >= 11 is 6.20. The summed E-state index contributed by atoms with van der Waals surface area (Å²) < 4.78 is 14.1. The van der Waals surface area contributed by atoms with Crippen molar-refractivity contribution < 1.29 is 4.39 Å². The molecule has 0 bridgehead atoms. The summed E-state index contributed by atoms with van der Waals surface area (Å²) in [6.45, 7) is 5.97. The van der Waals surface area contributed by atoms with Gasteiger partial charge in [-0.2, -0.15) is 0 Å². The Morgan fingerprint density at radius 2 is 2.29 bits per heavy atom. The van der Waals surface area contributed by atoms with E-state index in [1.54, 1.807) is 12.1 Å². The maximum atomic E-state index is 14.1. The molecule has 1 fully saturated rings. The lowest BCUT2D eigenvalue weighted by atomic mass is 9.57. The fourth-order valence-electron chi connectivity index (χ4n) is 2.83. The summed E-state index contributed by atoms with van der Waals surface area (Å²) in [6.07, 6.45) is 2.16. The van der Waals surface area contributed by atoms with E-state index in [4.69, 9.17) is 11.6 Å². The first-order valence-electron chi connectivity index (χ1n) is 6.27. The van der Waals surface area contributed by atoms with Crippen molar-refractivity contribution in [3.8, 4) is 0 Å². The molecule has 1 aliphatic rings. The Balaban J connectivity index is 2.39. The van der Waals surface area contributed by atoms with E-state index in [-0.39, 0.29) is 11.2 Å². The third-order valence-corrected chi connectivity index (χ3v) is 4.43. The van der Waals surface area contributed by atoms with Gasteiger partial charge in [-0.05, 0) is 37.4 Å². The molecule has 1 nitrogen and oxygen atoms in total. The largest absolute Gasteiger partial charge is 0.316 e. The monoisotopic (exact) mass is 255 g/mol. The Morgan fingerprint density at radius 3 is 2.76 bits per heavy atom. The van der Waals surface area contributed by atoms with Crippen LogP contribution in [-0.4, -0.2) is 13.1 Å². The van der Waals surface area contributed by atoms with E-state index >= 15 is 0 Å². The number of rotatable bonds is 4. The average Bonchev–Trinajstić information content (AvgIpc) is 2.31. The second-order valence-electron chi connectivity index (χ2n) is 4.97. The molecular formula is C14H19ClFN. The van der Waals surface area contributed by atoms with E-state index < -0.39 is 0 Å². The molecule has 0 amide bonds. The highest BCUT2D eigenvalue weighted by molar-refractivity contribution is 6.31. The zero-order chi connectivity index (χ0) is 12.5. The summed E-state index contributed by atoms with van der Waals surface area (Å²) in [6, 6.07) is 4.98. The van der Waals surface area contributed by atoms with Crippen molar-refractivity contribution in [1.29, 1.82) is 0 Å². The third kappa shape index (κ3) is 2.09. The number of hydrogen-bond donors (Lipinski definition) is 1. The number of halogens is 2. The van der Waals surface area contributed by atoms with E-state index in [1.165, 1.54) is 6.07 Å². The van der Waals surface area contributed by atoms with Crippen LogP contribution in [0.1, 0.15) is 32.3 Å². The van der Waals surface area contributed by atoms with Gasteiger partial charge in [0.2, 0.25) is 0 Å². The van der Waals surface area contributed by atoms with Gasteiger partial charge in [0, 0.05) is 22.5 Å². The van der Waals surface area contributed by atoms with E-state index in [1.807, 2.05) is 0 Å². The van der Waals surface area contributed by atoms with Crippen LogP contribution >= 0.6 is 11.6 Å². The van der Waals surface area contributed by atoms with Gasteiger partial charge in [-0.1, -0.05) is 31.5 Å². The van der Waals surface area contributed by atoms with Gasteiger partial charge < -0.3 is 5.32 Å². The van der Waals surface area contributed by atoms with Crippen LogP contribution < -0.4 is 5.32 Å². The van der Waals surface area contributed by atoms with Crippen LogP contribution in [0.4, 0.5) is 4.39 Å². The molecule has 1 saturated carbocycles. The van der Waals surface area contributed by atoms with Crippen molar-refractivity contribution in [3.05, 3.63) is 34.6 Å². The van der Waals surface area contributed by atoms with Gasteiger partial charge in [0.25, 0.3) is 0 Å². The molecular weight excluding hydrogens is 237 g/mol. The minimum Gasteiger partial charge on any atom is -0.316 e. The molecule has 0 aliphatic heterocycles. The van der Waals surface area contributed by atoms with Gasteiger partial charge in [-0.3, -0.25) is 0 Å². The molecule has 94 valence electrons. The molecule has 2 atom stereocenters. The maximum Gasteiger partial charge on any atom is 0.128 e. The second-order valence-corrected chi connectivity index (χ2v) is 5.38. The van der Waals surface area contributed by atoms with Gasteiger partial charge in [0.1, 0.15) is 5.82 Å². The average molecular weight is 256 g/mol. The van der Waals surface area contributed by atoms with Crippen LogP contribution in [-0.2, 0) is 5.41 Å². The molecule has 0 radical (unpaired) electrons. The van der Waals surface area contributed by atoms with E-state index in [9.17, 15) is 4.39 Å². The number of likely N-dealkylation sites (N-methyl/N-ethyl adjacent to an activating group) is 1. The molecule has 1 aromatic rings. The Bertz CT molecular complexity index is 387. The fourth-order valence-corrected chi connectivity index (χ4v) is 3.18. The smallest absolute Gasteiger partial charge is 0.128 e. The molecule has 1 aliphatic carbocycles. The highest BCUT2D eigenvalue weighted by Crippen LogP contribution is 2.50. The van der Waals surface area contributed by atoms with Crippen molar-refractivity contribution in [2.24, 2.45) is 5.92 Å². The molecule has 0 heterocycles. The first kappa shape index (κ1) is 12.8. The van der Waals surface area contributed by atoms with Crippen molar-refractivity contribution in [2.45, 2.75) is 32.1 Å². The topological polar surface area (TPSA) is 12.0 Å². The highest BCUT2D eigenvalue weighted by Gasteiger charge is 2.47. The van der Waals surface area contributed by atoms with Gasteiger partial charge in [-0.25, -0.2) is 4.39 Å². The minimum atomic E-state index is -0.165. The van der Waals surface area contributed by atoms with Crippen molar-refractivity contribution in [3.63, 3.8) is 0 Å².